The Balaban J connectivity index is 1.30. The summed E-state index contributed by atoms with van der Waals surface area (Å²) in [4.78, 5) is 42.9. The highest BCUT2D eigenvalue weighted by atomic mass is 16.6. The molecule has 2 fully saturated rings. The van der Waals surface area contributed by atoms with E-state index in [4.69, 9.17) is 4.74 Å². The van der Waals surface area contributed by atoms with Crippen molar-refractivity contribution in [3.8, 4) is 0 Å². The van der Waals surface area contributed by atoms with E-state index >= 15 is 0 Å². The molecule has 9 nitrogen and oxygen atoms in total. The van der Waals surface area contributed by atoms with E-state index in [-0.39, 0.29) is 35.7 Å². The Hall–Kier alpha value is -3.62. The first-order chi connectivity index (χ1) is 16.6. The predicted octanol–water partition coefficient (Wildman–Crippen LogP) is 3.60. The van der Waals surface area contributed by atoms with Gasteiger partial charge in [0.1, 0.15) is 17.0 Å². The van der Waals surface area contributed by atoms with Crippen LogP contribution in [-0.2, 0) is 11.3 Å². The number of Topliss-reactive ketones (excluding diaryl/α,β-unsaturated/α-hetero) is 1. The summed E-state index contributed by atoms with van der Waals surface area (Å²) in [6.45, 7) is 8.84. The van der Waals surface area contributed by atoms with Gasteiger partial charge in [0.25, 0.3) is 5.91 Å². The topological polar surface area (TPSA) is 109 Å². The molecule has 3 heterocycles. The van der Waals surface area contributed by atoms with Crippen LogP contribution in [0.25, 0.3) is 10.9 Å². The van der Waals surface area contributed by atoms with Crippen LogP contribution in [0.15, 0.2) is 36.5 Å². The van der Waals surface area contributed by atoms with Gasteiger partial charge in [0.2, 0.25) is 0 Å². The number of aromatic nitrogens is 3. The molecule has 9 heteroatoms. The first kappa shape index (κ1) is 23.1. The summed E-state index contributed by atoms with van der Waals surface area (Å²) >= 11 is 0. The number of benzene rings is 1. The third-order valence-electron chi connectivity index (χ3n) is 6.77. The van der Waals surface area contributed by atoms with Crippen molar-refractivity contribution in [1.82, 2.24) is 25.0 Å². The second-order valence-electron chi connectivity index (χ2n) is 10.4. The van der Waals surface area contributed by atoms with Gasteiger partial charge in [-0.05, 0) is 38.5 Å². The van der Waals surface area contributed by atoms with Crippen molar-refractivity contribution in [2.75, 3.05) is 13.1 Å². The fourth-order valence-corrected chi connectivity index (χ4v) is 4.93. The third kappa shape index (κ3) is 4.54. The van der Waals surface area contributed by atoms with Crippen LogP contribution in [0.5, 0.6) is 0 Å². The van der Waals surface area contributed by atoms with Gasteiger partial charge in [-0.3, -0.25) is 14.3 Å². The van der Waals surface area contributed by atoms with Gasteiger partial charge < -0.3 is 19.9 Å². The van der Waals surface area contributed by atoms with Crippen molar-refractivity contribution in [1.29, 1.82) is 0 Å². The van der Waals surface area contributed by atoms with Crippen LogP contribution >= 0.6 is 0 Å². The fraction of sp³-hybridized carbons (Fsp3) is 0.462. The average molecular weight is 478 g/mol. The number of H-pyrrole nitrogens is 1. The lowest BCUT2D eigenvalue weighted by Gasteiger charge is -2.26. The van der Waals surface area contributed by atoms with Crippen LogP contribution in [0.3, 0.4) is 0 Å². The molecule has 1 aliphatic heterocycles. The number of rotatable bonds is 6. The standard InChI is InChI=1S/C26H31N5O4/c1-5-22(32)20-11-21(31(29-20)12-15-7-6-8-19-16(15)9-10-27-19)24(33)28-23-17-13-30(14-18(17)23)25(34)35-26(2,3)4/h6-11,17-18,23,27H,5,12-14H2,1-4H3,(H,28,33)/t17-,18+,23?. The van der Waals surface area contributed by atoms with Gasteiger partial charge in [-0.25, -0.2) is 4.79 Å². The zero-order chi connectivity index (χ0) is 24.9. The Kier molecular flexibility index (Phi) is 5.65. The van der Waals surface area contributed by atoms with Gasteiger partial charge in [-0.2, -0.15) is 5.10 Å². The molecule has 2 N–H and O–H groups in total. The van der Waals surface area contributed by atoms with Gasteiger partial charge in [-0.15, -0.1) is 0 Å². The highest BCUT2D eigenvalue weighted by molar-refractivity contribution is 5.99. The van der Waals surface area contributed by atoms with Gasteiger partial charge in [0, 0.05) is 60.6 Å². The molecule has 5 rings (SSSR count). The van der Waals surface area contributed by atoms with Gasteiger partial charge in [0.05, 0.1) is 6.54 Å². The van der Waals surface area contributed by atoms with Crippen molar-refractivity contribution in [2.24, 2.45) is 11.8 Å². The number of aromatic amines is 1. The van der Waals surface area contributed by atoms with Crippen molar-refractivity contribution in [2.45, 2.75) is 52.3 Å². The van der Waals surface area contributed by atoms with E-state index in [2.05, 4.69) is 15.4 Å². The Labute approximate surface area is 203 Å². The minimum Gasteiger partial charge on any atom is -0.444 e. The summed E-state index contributed by atoms with van der Waals surface area (Å²) < 4.78 is 7.08. The number of ether oxygens (including phenoxy) is 1. The molecule has 1 aromatic carbocycles. The van der Waals surface area contributed by atoms with Gasteiger partial charge in [-0.1, -0.05) is 19.1 Å². The Morgan fingerprint density at radius 1 is 1.17 bits per heavy atom. The van der Waals surface area contributed by atoms with Crippen LogP contribution in [0, 0.1) is 11.8 Å². The van der Waals surface area contributed by atoms with Crippen LogP contribution in [-0.4, -0.2) is 62.2 Å². The second-order valence-corrected chi connectivity index (χ2v) is 10.4. The van der Waals surface area contributed by atoms with Crippen LogP contribution in [0.2, 0.25) is 0 Å². The summed E-state index contributed by atoms with van der Waals surface area (Å²) in [5, 5.41) is 8.65. The first-order valence-corrected chi connectivity index (χ1v) is 12.1. The van der Waals surface area contributed by atoms with Gasteiger partial charge in [0.15, 0.2) is 5.78 Å². The van der Waals surface area contributed by atoms with Crippen molar-refractivity contribution in [3.05, 3.63) is 53.5 Å². The number of likely N-dealkylation sites (tertiary alicyclic amines) is 1. The van der Waals surface area contributed by atoms with E-state index in [1.54, 1.807) is 22.6 Å². The maximum absolute atomic E-state index is 13.3. The molecule has 1 aliphatic carbocycles. The molecule has 2 aliphatic rings. The number of carbonyl (C=O) groups excluding carboxylic acids is 3. The van der Waals surface area contributed by atoms with Crippen molar-refractivity contribution in [3.63, 3.8) is 0 Å². The molecule has 0 radical (unpaired) electrons. The lowest BCUT2D eigenvalue weighted by atomic mass is 10.1. The lowest BCUT2D eigenvalue weighted by molar-refractivity contribution is 0.0269. The summed E-state index contributed by atoms with van der Waals surface area (Å²) in [7, 11) is 0. The number of hydrogen-bond donors (Lipinski definition) is 2. The zero-order valence-electron chi connectivity index (χ0n) is 20.5. The average Bonchev–Trinajstić information content (AvgIpc) is 3.30. The molecule has 2 amide bonds. The Bertz CT molecular complexity index is 1290. The summed E-state index contributed by atoms with van der Waals surface area (Å²) in [6, 6.07) is 9.53. The number of carbonyl (C=O) groups is 3. The van der Waals surface area contributed by atoms with E-state index < -0.39 is 5.60 Å². The SMILES string of the molecule is CCC(=O)c1cc(C(=O)NC2[C@H]3CN(C(=O)OC(C)(C)C)C[C@@H]23)n(Cc2cccc3[nH]ccc23)n1. The molecule has 1 unspecified atom stereocenters. The fourth-order valence-electron chi connectivity index (χ4n) is 4.93. The summed E-state index contributed by atoms with van der Waals surface area (Å²) in [5.41, 5.74) is 2.14. The predicted molar refractivity (Wildman–Crippen MR) is 130 cm³/mol. The largest absolute Gasteiger partial charge is 0.444 e. The number of hydrogen-bond acceptors (Lipinski definition) is 5. The molecule has 3 atom stereocenters. The van der Waals surface area contributed by atoms with E-state index in [9.17, 15) is 14.4 Å². The minimum absolute atomic E-state index is 0.00275. The second kappa shape index (κ2) is 8.55. The van der Waals surface area contributed by atoms with Crippen LogP contribution in [0.1, 0.15) is 60.7 Å². The molecule has 0 spiro atoms. The summed E-state index contributed by atoms with van der Waals surface area (Å²) in [5.74, 6) is 0.0763. The number of ketones is 1. The molecule has 35 heavy (non-hydrogen) atoms. The number of piperidine rings is 1. The molecule has 2 aromatic heterocycles. The number of nitrogens with zero attached hydrogens (tertiary/aromatic N) is 3. The van der Waals surface area contributed by atoms with Crippen LogP contribution in [0.4, 0.5) is 4.79 Å². The summed E-state index contributed by atoms with van der Waals surface area (Å²) in [6.07, 6.45) is 1.89. The van der Waals surface area contributed by atoms with Gasteiger partial charge >= 0.3 is 6.09 Å². The molecule has 184 valence electrons. The molecule has 1 saturated carbocycles. The van der Waals surface area contributed by atoms with Crippen molar-refractivity contribution >= 4 is 28.7 Å². The number of fused-ring (bicyclic) bond motifs is 2. The normalized spacial score (nSPS) is 21.1. The number of amides is 2. The van der Waals surface area contributed by atoms with E-state index in [0.29, 0.717) is 37.4 Å². The van der Waals surface area contributed by atoms with E-state index in [0.717, 1.165) is 16.5 Å². The Morgan fingerprint density at radius 3 is 2.60 bits per heavy atom. The maximum Gasteiger partial charge on any atom is 0.410 e. The van der Waals surface area contributed by atoms with Crippen LogP contribution < -0.4 is 5.32 Å². The third-order valence-corrected chi connectivity index (χ3v) is 6.77. The molecular formula is C26H31N5O4. The zero-order valence-corrected chi connectivity index (χ0v) is 20.5. The molecular weight excluding hydrogens is 446 g/mol. The maximum atomic E-state index is 13.3. The quantitative estimate of drug-likeness (QED) is 0.527. The minimum atomic E-state index is -0.533. The first-order valence-electron chi connectivity index (χ1n) is 12.1. The van der Waals surface area contributed by atoms with E-state index in [1.807, 2.05) is 51.2 Å². The molecule has 1 saturated heterocycles. The monoisotopic (exact) mass is 477 g/mol. The van der Waals surface area contributed by atoms with E-state index in [1.165, 1.54) is 0 Å². The van der Waals surface area contributed by atoms with Crippen molar-refractivity contribution < 1.29 is 19.1 Å². The highest BCUT2D eigenvalue weighted by Crippen LogP contribution is 2.46. The smallest absolute Gasteiger partial charge is 0.410 e. The number of nitrogens with one attached hydrogen (secondary N) is 2. The molecule has 0 bridgehead atoms. The lowest BCUT2D eigenvalue weighted by Crippen LogP contribution is -2.40. The Morgan fingerprint density at radius 2 is 1.91 bits per heavy atom. The molecule has 3 aromatic rings. The highest BCUT2D eigenvalue weighted by Gasteiger charge is 2.58.